The summed E-state index contributed by atoms with van der Waals surface area (Å²) in [5.74, 6) is -0.0683. The van der Waals surface area contributed by atoms with Gasteiger partial charge in [-0.2, -0.15) is 0 Å². The van der Waals surface area contributed by atoms with Gasteiger partial charge in [0.25, 0.3) is 0 Å². The van der Waals surface area contributed by atoms with Crippen molar-refractivity contribution >= 4 is 17.2 Å². The summed E-state index contributed by atoms with van der Waals surface area (Å²) in [7, 11) is 0. The van der Waals surface area contributed by atoms with Gasteiger partial charge in [-0.25, -0.2) is 0 Å². The Kier molecular flexibility index (Phi) is 4.29. The number of carbonyl (C=O) groups is 1. The molecule has 0 radical (unpaired) electrons. The Bertz CT molecular complexity index is 327. The maximum atomic E-state index is 11.4. The number of nitrogens with one attached hydrogen (secondary N) is 1. The molecule has 0 aliphatic rings. The second-order valence-corrected chi connectivity index (χ2v) is 5.03. The number of aryl methyl sites for hydroxylation is 2. The van der Waals surface area contributed by atoms with Crippen molar-refractivity contribution in [2.75, 3.05) is 0 Å². The Balaban J connectivity index is 2.47. The highest BCUT2D eigenvalue weighted by molar-refractivity contribution is 7.12. The fourth-order valence-electron chi connectivity index (χ4n) is 1.23. The summed E-state index contributed by atoms with van der Waals surface area (Å²) in [6, 6.07) is 1.73. The summed E-state index contributed by atoms with van der Waals surface area (Å²) in [6.45, 7) is 6.66. The molecule has 0 aliphatic carbocycles. The molecule has 4 heteroatoms. The van der Waals surface area contributed by atoms with Gasteiger partial charge in [0, 0.05) is 9.75 Å². The van der Waals surface area contributed by atoms with Crippen molar-refractivity contribution in [3.8, 4) is 0 Å². The van der Waals surface area contributed by atoms with Crippen LogP contribution in [0.15, 0.2) is 6.07 Å². The molecule has 15 heavy (non-hydrogen) atoms. The van der Waals surface area contributed by atoms with Gasteiger partial charge in [-0.15, -0.1) is 11.3 Å². The number of hydrogen-bond donors (Lipinski definition) is 2. The van der Waals surface area contributed by atoms with Crippen LogP contribution in [0, 0.1) is 13.8 Å². The average molecular weight is 226 g/mol. The fourth-order valence-corrected chi connectivity index (χ4v) is 2.22. The van der Waals surface area contributed by atoms with E-state index in [9.17, 15) is 4.79 Å². The molecule has 1 amide bonds. The van der Waals surface area contributed by atoms with E-state index in [-0.39, 0.29) is 11.9 Å². The molecule has 84 valence electrons. The molecule has 0 fully saturated rings. The Morgan fingerprint density at radius 1 is 1.60 bits per heavy atom. The first kappa shape index (κ1) is 12.2. The first-order chi connectivity index (χ1) is 7.04. The summed E-state index contributed by atoms with van der Waals surface area (Å²) in [4.78, 5) is 13.9. The fraction of sp³-hybridized carbons (Fsp3) is 0.545. The molecule has 0 aromatic carbocycles. The molecular formula is C11H18N2OS. The molecular weight excluding hydrogens is 208 g/mol. The van der Waals surface area contributed by atoms with E-state index in [1.165, 1.54) is 15.3 Å². The van der Waals surface area contributed by atoms with Crippen molar-refractivity contribution in [1.82, 2.24) is 5.32 Å². The van der Waals surface area contributed by atoms with Gasteiger partial charge in [0.2, 0.25) is 5.91 Å². The minimum Gasteiger partial charge on any atom is -0.350 e. The van der Waals surface area contributed by atoms with E-state index in [0.717, 1.165) is 0 Å². The predicted octanol–water partition coefficient (Wildman–Crippen LogP) is 1.72. The summed E-state index contributed by atoms with van der Waals surface area (Å²) in [5, 5.41) is 2.84. The van der Waals surface area contributed by atoms with Crippen LogP contribution in [-0.4, -0.2) is 11.9 Å². The number of nitrogens with two attached hydrogens (primary N) is 1. The maximum Gasteiger partial charge on any atom is 0.237 e. The SMILES string of the molecule is CCC(N)C(=O)NCc1cc(C)c(C)s1. The molecule has 1 aromatic heterocycles. The van der Waals surface area contributed by atoms with E-state index < -0.39 is 0 Å². The molecule has 3 nitrogen and oxygen atoms in total. The van der Waals surface area contributed by atoms with E-state index in [2.05, 4.69) is 25.2 Å². The number of thiophene rings is 1. The van der Waals surface area contributed by atoms with Crippen LogP contribution < -0.4 is 11.1 Å². The van der Waals surface area contributed by atoms with Gasteiger partial charge in [-0.1, -0.05) is 6.92 Å². The quantitative estimate of drug-likeness (QED) is 0.821. The third kappa shape index (κ3) is 3.32. The van der Waals surface area contributed by atoms with E-state index in [0.29, 0.717) is 13.0 Å². The number of carbonyl (C=O) groups excluding carboxylic acids is 1. The van der Waals surface area contributed by atoms with Crippen LogP contribution in [0.3, 0.4) is 0 Å². The van der Waals surface area contributed by atoms with Crippen LogP contribution in [0.5, 0.6) is 0 Å². The van der Waals surface area contributed by atoms with Crippen molar-refractivity contribution in [3.63, 3.8) is 0 Å². The summed E-state index contributed by atoms with van der Waals surface area (Å²) in [5.41, 5.74) is 6.89. The average Bonchev–Trinajstić information content (AvgIpc) is 2.54. The topological polar surface area (TPSA) is 55.1 Å². The normalized spacial score (nSPS) is 12.5. The Hall–Kier alpha value is -0.870. The monoisotopic (exact) mass is 226 g/mol. The van der Waals surface area contributed by atoms with Crippen LogP contribution in [0.25, 0.3) is 0 Å². The van der Waals surface area contributed by atoms with Gasteiger partial charge in [-0.3, -0.25) is 4.79 Å². The second-order valence-electron chi connectivity index (χ2n) is 3.68. The smallest absolute Gasteiger partial charge is 0.237 e. The van der Waals surface area contributed by atoms with Crippen LogP contribution in [0.2, 0.25) is 0 Å². The highest BCUT2D eigenvalue weighted by Gasteiger charge is 2.10. The number of rotatable bonds is 4. The van der Waals surface area contributed by atoms with Crippen LogP contribution in [-0.2, 0) is 11.3 Å². The standard InChI is InChI=1S/C11H18N2OS/c1-4-10(12)11(14)13-6-9-5-7(2)8(3)15-9/h5,10H,4,6,12H2,1-3H3,(H,13,14). The largest absolute Gasteiger partial charge is 0.350 e. The third-order valence-electron chi connectivity index (χ3n) is 2.43. The van der Waals surface area contributed by atoms with E-state index in [1.54, 1.807) is 11.3 Å². The van der Waals surface area contributed by atoms with Gasteiger partial charge in [0.05, 0.1) is 12.6 Å². The zero-order chi connectivity index (χ0) is 11.4. The van der Waals surface area contributed by atoms with Gasteiger partial charge < -0.3 is 11.1 Å². The number of amides is 1. The zero-order valence-corrected chi connectivity index (χ0v) is 10.3. The minimum atomic E-state index is -0.382. The summed E-state index contributed by atoms with van der Waals surface area (Å²) >= 11 is 1.72. The van der Waals surface area contributed by atoms with Crippen LogP contribution in [0.4, 0.5) is 0 Å². The summed E-state index contributed by atoms with van der Waals surface area (Å²) < 4.78 is 0. The van der Waals surface area contributed by atoms with Crippen molar-refractivity contribution in [1.29, 1.82) is 0 Å². The Morgan fingerprint density at radius 2 is 2.27 bits per heavy atom. The molecule has 0 saturated carbocycles. The summed E-state index contributed by atoms with van der Waals surface area (Å²) in [6.07, 6.45) is 0.675. The lowest BCUT2D eigenvalue weighted by Gasteiger charge is -2.08. The lowest BCUT2D eigenvalue weighted by Crippen LogP contribution is -2.39. The predicted molar refractivity (Wildman–Crippen MR) is 63.9 cm³/mol. The highest BCUT2D eigenvalue weighted by atomic mass is 32.1. The van der Waals surface area contributed by atoms with E-state index in [4.69, 9.17) is 5.73 Å². The first-order valence-corrected chi connectivity index (χ1v) is 5.95. The molecule has 1 rings (SSSR count). The first-order valence-electron chi connectivity index (χ1n) is 5.13. The molecule has 0 aliphatic heterocycles. The molecule has 1 aromatic rings. The van der Waals surface area contributed by atoms with Crippen molar-refractivity contribution in [2.45, 2.75) is 39.8 Å². The lowest BCUT2D eigenvalue weighted by atomic mass is 10.2. The molecule has 1 heterocycles. The molecule has 1 unspecified atom stereocenters. The minimum absolute atomic E-state index is 0.0683. The van der Waals surface area contributed by atoms with Gasteiger partial charge in [-0.05, 0) is 31.9 Å². The van der Waals surface area contributed by atoms with Crippen LogP contribution >= 0.6 is 11.3 Å². The Labute approximate surface area is 94.7 Å². The molecule has 3 N–H and O–H groups in total. The van der Waals surface area contributed by atoms with Crippen molar-refractivity contribution < 1.29 is 4.79 Å². The molecule has 0 saturated heterocycles. The molecule has 0 bridgehead atoms. The third-order valence-corrected chi connectivity index (χ3v) is 3.58. The van der Waals surface area contributed by atoms with Crippen LogP contribution in [0.1, 0.15) is 28.7 Å². The van der Waals surface area contributed by atoms with Gasteiger partial charge in [0.15, 0.2) is 0 Å². The zero-order valence-electron chi connectivity index (χ0n) is 9.46. The van der Waals surface area contributed by atoms with Gasteiger partial charge in [0.1, 0.15) is 0 Å². The number of hydrogen-bond acceptors (Lipinski definition) is 3. The van der Waals surface area contributed by atoms with Crippen molar-refractivity contribution in [2.24, 2.45) is 5.73 Å². The highest BCUT2D eigenvalue weighted by Crippen LogP contribution is 2.20. The maximum absolute atomic E-state index is 11.4. The van der Waals surface area contributed by atoms with Crippen molar-refractivity contribution in [3.05, 3.63) is 21.4 Å². The van der Waals surface area contributed by atoms with E-state index >= 15 is 0 Å². The van der Waals surface area contributed by atoms with E-state index in [1.807, 2.05) is 6.92 Å². The second kappa shape index (κ2) is 5.28. The molecule has 1 atom stereocenters. The molecule has 0 spiro atoms. The Morgan fingerprint density at radius 3 is 2.73 bits per heavy atom. The lowest BCUT2D eigenvalue weighted by molar-refractivity contribution is -0.122. The van der Waals surface area contributed by atoms with Gasteiger partial charge >= 0.3 is 0 Å².